The van der Waals surface area contributed by atoms with Crippen LogP contribution in [-0.2, 0) is 29.7 Å². The number of benzene rings is 1. The van der Waals surface area contributed by atoms with E-state index in [1.54, 1.807) is 0 Å². The van der Waals surface area contributed by atoms with Crippen LogP contribution in [0.15, 0.2) is 30.6 Å². The van der Waals surface area contributed by atoms with Gasteiger partial charge in [-0.15, -0.1) is 0 Å². The van der Waals surface area contributed by atoms with Gasteiger partial charge in [0.1, 0.15) is 0 Å². The molecule has 1 aromatic heterocycles. The zero-order chi connectivity index (χ0) is 22.9. The molecule has 1 atom stereocenters. The lowest BCUT2D eigenvalue weighted by Crippen LogP contribution is -2.13. The minimum Gasteiger partial charge on any atom is -0.489 e. The summed E-state index contributed by atoms with van der Waals surface area (Å²) in [6.07, 6.45) is -5.74. The summed E-state index contributed by atoms with van der Waals surface area (Å²) in [5, 5.41) is 2.56. The van der Waals surface area contributed by atoms with Crippen LogP contribution in [-0.4, -0.2) is 32.8 Å². The molecule has 12 heteroatoms. The summed E-state index contributed by atoms with van der Waals surface area (Å²) in [5.74, 6) is 0.601. The lowest BCUT2D eigenvalue weighted by Gasteiger charge is -2.14. The number of rotatable bonds is 7. The van der Waals surface area contributed by atoms with Crippen molar-refractivity contribution in [2.24, 2.45) is 0 Å². The predicted molar refractivity (Wildman–Crippen MR) is 102 cm³/mol. The summed E-state index contributed by atoms with van der Waals surface area (Å²) in [6.45, 7) is 3.84. The number of halogens is 6. The summed E-state index contributed by atoms with van der Waals surface area (Å²) in [6, 6.07) is 1.32. The first kappa shape index (κ1) is 25.7. The van der Waals surface area contributed by atoms with E-state index in [2.05, 4.69) is 15.3 Å². The molecular formula is C18H21F6N3O2S. The number of nitrogens with zero attached hydrogens (tertiary/aromatic N) is 2. The molecule has 0 aliphatic carbocycles. The van der Waals surface area contributed by atoms with E-state index in [1.807, 2.05) is 13.8 Å². The minimum absolute atomic E-state index is 0.00242. The number of hydrogen-bond acceptors (Lipinski definition) is 5. The Bertz CT molecular complexity index is 794. The first-order valence-electron chi connectivity index (χ1n) is 8.72. The summed E-state index contributed by atoms with van der Waals surface area (Å²) in [5.41, 5.74) is -3.01. The van der Waals surface area contributed by atoms with Crippen LogP contribution in [0.2, 0.25) is 0 Å². The highest BCUT2D eigenvalue weighted by molar-refractivity contribution is 7.84. The number of alkyl halides is 6. The summed E-state index contributed by atoms with van der Waals surface area (Å²) in [4.78, 5) is 7.73. The monoisotopic (exact) mass is 457 g/mol. The number of aromatic nitrogens is 2. The van der Waals surface area contributed by atoms with E-state index < -0.39 is 34.3 Å². The average Bonchev–Trinajstić information content (AvgIpc) is 2.67. The SMILES string of the molecule is CC.CS(=O)CCOc1cnc(NCc2cc(C(F)(F)F)cc(C(F)(F)F)c2)nc1. The predicted octanol–water partition coefficient (Wildman–Crippen LogP) is 4.91. The van der Waals surface area contributed by atoms with Crippen LogP contribution in [0.5, 0.6) is 5.75 Å². The molecule has 5 nitrogen and oxygen atoms in total. The fourth-order valence-corrected chi connectivity index (χ4v) is 2.38. The van der Waals surface area contributed by atoms with Gasteiger partial charge in [-0.25, -0.2) is 9.97 Å². The second-order valence-electron chi connectivity index (χ2n) is 5.64. The first-order valence-corrected chi connectivity index (χ1v) is 10.4. The van der Waals surface area contributed by atoms with Gasteiger partial charge >= 0.3 is 12.4 Å². The molecule has 0 aliphatic heterocycles. The van der Waals surface area contributed by atoms with Crippen molar-refractivity contribution >= 4 is 16.7 Å². The highest BCUT2D eigenvalue weighted by Gasteiger charge is 2.36. The van der Waals surface area contributed by atoms with Crippen molar-refractivity contribution in [2.45, 2.75) is 32.7 Å². The normalized spacial score (nSPS) is 12.6. The molecule has 2 rings (SSSR count). The van der Waals surface area contributed by atoms with Crippen molar-refractivity contribution in [3.63, 3.8) is 0 Å². The highest BCUT2D eigenvalue weighted by atomic mass is 32.2. The second-order valence-corrected chi connectivity index (χ2v) is 7.19. The summed E-state index contributed by atoms with van der Waals surface area (Å²) >= 11 is 0. The Morgan fingerprint density at radius 1 is 0.967 bits per heavy atom. The smallest absolute Gasteiger partial charge is 0.416 e. The molecule has 0 radical (unpaired) electrons. The van der Waals surface area contributed by atoms with Gasteiger partial charge in [0, 0.05) is 23.6 Å². The van der Waals surface area contributed by atoms with Gasteiger partial charge < -0.3 is 10.1 Å². The van der Waals surface area contributed by atoms with Crippen LogP contribution in [0.1, 0.15) is 30.5 Å². The Kier molecular flexibility index (Phi) is 9.53. The zero-order valence-electron chi connectivity index (χ0n) is 16.4. The molecule has 0 saturated heterocycles. The van der Waals surface area contributed by atoms with Crippen LogP contribution in [0.3, 0.4) is 0 Å². The first-order chi connectivity index (χ1) is 13.9. The fourth-order valence-electron chi connectivity index (χ4n) is 2.06. The Labute approximate surface area is 172 Å². The van der Waals surface area contributed by atoms with Gasteiger partial charge in [0.05, 0.1) is 35.9 Å². The van der Waals surface area contributed by atoms with Crippen molar-refractivity contribution < 1.29 is 35.3 Å². The van der Waals surface area contributed by atoms with E-state index in [0.29, 0.717) is 17.9 Å². The van der Waals surface area contributed by atoms with Gasteiger partial charge in [-0.1, -0.05) is 13.8 Å². The summed E-state index contributed by atoms with van der Waals surface area (Å²) < 4.78 is 93.3. The molecule has 0 saturated carbocycles. The molecule has 0 fully saturated rings. The molecule has 1 aromatic carbocycles. The molecule has 1 heterocycles. The maximum atomic E-state index is 12.8. The number of nitrogens with one attached hydrogen (secondary N) is 1. The molecule has 0 aliphatic rings. The lowest BCUT2D eigenvalue weighted by molar-refractivity contribution is -0.143. The molecular weight excluding hydrogens is 436 g/mol. The van der Waals surface area contributed by atoms with Crippen molar-refractivity contribution in [2.75, 3.05) is 23.9 Å². The summed E-state index contributed by atoms with van der Waals surface area (Å²) in [7, 11) is -1.02. The maximum absolute atomic E-state index is 12.8. The molecule has 30 heavy (non-hydrogen) atoms. The van der Waals surface area contributed by atoms with Gasteiger partial charge in [-0.3, -0.25) is 4.21 Å². The van der Waals surface area contributed by atoms with Crippen LogP contribution in [0.25, 0.3) is 0 Å². The number of hydrogen-bond donors (Lipinski definition) is 1. The molecule has 2 aromatic rings. The second kappa shape index (κ2) is 11.1. The third-order valence-corrected chi connectivity index (χ3v) is 4.11. The van der Waals surface area contributed by atoms with Crippen molar-refractivity contribution in [3.8, 4) is 5.75 Å². The van der Waals surface area contributed by atoms with E-state index in [-0.39, 0.29) is 36.5 Å². The van der Waals surface area contributed by atoms with Gasteiger partial charge in [-0.2, -0.15) is 26.3 Å². The molecule has 0 spiro atoms. The molecule has 0 bridgehead atoms. The average molecular weight is 457 g/mol. The standard InChI is InChI=1S/C16H15F6N3O2S.C2H6/c1-28(26)3-2-27-13-8-24-14(25-9-13)23-7-10-4-11(15(17,18)19)6-12(5-10)16(20,21)22;1-2/h4-6,8-9H,2-3,7H2,1H3,(H,23,24,25);1-2H3. The Morgan fingerprint density at radius 2 is 1.47 bits per heavy atom. The van der Waals surface area contributed by atoms with Crippen LogP contribution >= 0.6 is 0 Å². The largest absolute Gasteiger partial charge is 0.489 e. The topological polar surface area (TPSA) is 64.1 Å². The Hall–Kier alpha value is -2.37. The van der Waals surface area contributed by atoms with Gasteiger partial charge in [-0.05, 0) is 23.8 Å². The van der Waals surface area contributed by atoms with Crippen LogP contribution in [0, 0.1) is 0 Å². The van der Waals surface area contributed by atoms with E-state index in [9.17, 15) is 30.6 Å². The quantitative estimate of drug-likeness (QED) is 0.599. The van der Waals surface area contributed by atoms with E-state index in [0.717, 1.165) is 0 Å². The van der Waals surface area contributed by atoms with Gasteiger partial charge in [0.2, 0.25) is 5.95 Å². The molecule has 0 amide bonds. The number of anilines is 1. The highest BCUT2D eigenvalue weighted by Crippen LogP contribution is 2.36. The molecule has 1 unspecified atom stereocenters. The molecule has 1 N–H and O–H groups in total. The third kappa shape index (κ3) is 8.56. The van der Waals surface area contributed by atoms with E-state index in [4.69, 9.17) is 4.74 Å². The van der Waals surface area contributed by atoms with Gasteiger partial charge in [0.15, 0.2) is 5.75 Å². The van der Waals surface area contributed by atoms with Gasteiger partial charge in [0.25, 0.3) is 0 Å². The van der Waals surface area contributed by atoms with E-state index >= 15 is 0 Å². The zero-order valence-corrected chi connectivity index (χ0v) is 17.2. The van der Waals surface area contributed by atoms with E-state index in [1.165, 1.54) is 18.6 Å². The Balaban J connectivity index is 0.00000218. The van der Waals surface area contributed by atoms with Crippen LogP contribution < -0.4 is 10.1 Å². The van der Waals surface area contributed by atoms with Crippen LogP contribution in [0.4, 0.5) is 32.3 Å². The third-order valence-electron chi connectivity index (χ3n) is 3.37. The minimum atomic E-state index is -4.91. The Morgan fingerprint density at radius 3 is 1.90 bits per heavy atom. The van der Waals surface area contributed by atoms with Crippen molar-refractivity contribution in [1.29, 1.82) is 0 Å². The van der Waals surface area contributed by atoms with Crippen molar-refractivity contribution in [3.05, 3.63) is 47.3 Å². The number of ether oxygens (including phenoxy) is 1. The fraction of sp³-hybridized carbons (Fsp3) is 0.444. The lowest BCUT2D eigenvalue weighted by atomic mass is 10.0. The molecule has 168 valence electrons. The van der Waals surface area contributed by atoms with Crippen molar-refractivity contribution in [1.82, 2.24) is 9.97 Å². The maximum Gasteiger partial charge on any atom is 0.416 e.